The van der Waals surface area contributed by atoms with E-state index in [2.05, 4.69) is 24.5 Å². The van der Waals surface area contributed by atoms with Crippen LogP contribution in [0.4, 0.5) is 0 Å². The highest BCUT2D eigenvalue weighted by molar-refractivity contribution is 5.94. The molecule has 0 radical (unpaired) electrons. The maximum atomic E-state index is 14.8. The summed E-state index contributed by atoms with van der Waals surface area (Å²) < 4.78 is 36.3. The number of aliphatic hydroxyl groups excluding tert-OH is 5. The van der Waals surface area contributed by atoms with Gasteiger partial charge in [0.2, 0.25) is 11.8 Å². The Morgan fingerprint density at radius 3 is 2.27 bits per heavy atom. The lowest BCUT2D eigenvalue weighted by Gasteiger charge is -2.48. The standard InChI is InChI=1S/C48H73N3O16/c1-6-8-10-21-47(22-11-9-7-2)65-39-32-25-48(45(60)49-23-20-34(54)50-31(27-52)18-19-35(55)64-46(3,4)5)41(43(59)62-32)51(67-42(48)40(39)66-47)26-30-16-14-29(15-17-30)13-12-24-61-44-38(58)37(57)36(56)33(28-53)63-44/h12-17,31-33,36-42,44,52-53,56-58H,6-11,18-28H2,1-5H3,(H,49,60)(H,50,54)/t31-,32?,33+,36-,37-,38+,39-,40-,41-,42+,44-,48?/m0/s1. The van der Waals surface area contributed by atoms with Gasteiger partial charge in [-0.15, -0.1) is 0 Å². The van der Waals surface area contributed by atoms with Crippen LogP contribution in [0.25, 0.3) is 6.08 Å². The molecule has 2 amide bonds. The Bertz CT molecular complexity index is 1830. The first-order valence-electron chi connectivity index (χ1n) is 24.1. The van der Waals surface area contributed by atoms with Gasteiger partial charge in [0.25, 0.3) is 0 Å². The van der Waals surface area contributed by atoms with Crippen molar-refractivity contribution in [2.24, 2.45) is 5.41 Å². The van der Waals surface area contributed by atoms with Gasteiger partial charge in [-0.05, 0) is 51.2 Å². The number of ether oxygens (including phenoxy) is 6. The first-order chi connectivity index (χ1) is 32.0. The molecule has 1 saturated carbocycles. The van der Waals surface area contributed by atoms with Gasteiger partial charge in [0, 0.05) is 38.6 Å². The van der Waals surface area contributed by atoms with Crippen LogP contribution in [0.2, 0.25) is 0 Å². The second kappa shape index (κ2) is 23.3. The molecule has 4 saturated heterocycles. The number of hydrogen-bond acceptors (Lipinski definition) is 17. The summed E-state index contributed by atoms with van der Waals surface area (Å²) in [6.07, 6.45) is 0.550. The van der Waals surface area contributed by atoms with Gasteiger partial charge in [0.05, 0.1) is 32.4 Å². The fourth-order valence-corrected chi connectivity index (χ4v) is 9.80. The molecule has 7 N–H and O–H groups in total. The number of fused-ring (bicyclic) bond motifs is 4. The number of benzene rings is 1. The van der Waals surface area contributed by atoms with Crippen molar-refractivity contribution in [2.45, 2.75) is 197 Å². The van der Waals surface area contributed by atoms with Crippen LogP contribution in [-0.4, -0.2) is 159 Å². The normalized spacial score (nSPS) is 31.6. The van der Waals surface area contributed by atoms with Crippen molar-refractivity contribution in [2.75, 3.05) is 26.4 Å². The molecule has 1 aromatic rings. The number of rotatable bonds is 24. The molecule has 4 heterocycles. The van der Waals surface area contributed by atoms with Gasteiger partial charge in [-0.2, -0.15) is 5.06 Å². The summed E-state index contributed by atoms with van der Waals surface area (Å²) in [5, 5.41) is 56.9. The van der Waals surface area contributed by atoms with Crippen molar-refractivity contribution in [1.29, 1.82) is 0 Å². The lowest BCUT2D eigenvalue weighted by molar-refractivity contribution is -0.298. The Morgan fingerprint density at radius 1 is 0.940 bits per heavy atom. The second-order valence-electron chi connectivity index (χ2n) is 19.5. The fourth-order valence-electron chi connectivity index (χ4n) is 9.80. The third-order valence-corrected chi connectivity index (χ3v) is 13.2. The van der Waals surface area contributed by atoms with Crippen LogP contribution in [0.1, 0.15) is 123 Å². The topological polar surface area (TPSA) is 261 Å². The molecule has 0 aromatic heterocycles. The zero-order valence-electron chi connectivity index (χ0n) is 39.5. The predicted molar refractivity (Wildman–Crippen MR) is 239 cm³/mol. The van der Waals surface area contributed by atoms with Crippen LogP contribution in [-0.2, 0) is 59.0 Å². The lowest BCUT2D eigenvalue weighted by atomic mass is 9.62. The summed E-state index contributed by atoms with van der Waals surface area (Å²) in [5.41, 5.74) is -0.587. The Kier molecular flexibility index (Phi) is 18.4. The van der Waals surface area contributed by atoms with Gasteiger partial charge in [-0.3, -0.25) is 24.0 Å². The third-order valence-electron chi connectivity index (χ3n) is 13.2. The van der Waals surface area contributed by atoms with E-state index in [0.717, 1.165) is 49.7 Å². The highest BCUT2D eigenvalue weighted by Crippen LogP contribution is 2.58. The Hall–Kier alpha value is -3.60. The monoisotopic (exact) mass is 947 g/mol. The minimum Gasteiger partial charge on any atom is -0.460 e. The molecule has 1 aromatic carbocycles. The van der Waals surface area contributed by atoms with E-state index in [-0.39, 0.29) is 45.4 Å². The number of esters is 2. The molecule has 6 rings (SSSR count). The SMILES string of the molecule is CCCCCC1(CCCCC)O[C@@H]2[C@H]3ON(Cc4ccc(C=CCO[C@H]5O[C@H](CO)[C@H](O)[C@H](O)[C@H]5O)cc4)[C@H]4C(=O)OC(CC34C(=O)NCCC(=O)N[C@H](CO)CCC(=O)OC(C)(C)C)[C@@H]2O1. The Labute approximate surface area is 392 Å². The molecule has 19 heteroatoms. The van der Waals surface area contributed by atoms with Gasteiger partial charge in [-0.1, -0.05) is 75.9 Å². The van der Waals surface area contributed by atoms with E-state index in [0.29, 0.717) is 12.8 Å². The van der Waals surface area contributed by atoms with E-state index in [9.17, 15) is 44.7 Å². The van der Waals surface area contributed by atoms with Gasteiger partial charge in [0.1, 0.15) is 59.8 Å². The first-order valence-corrected chi connectivity index (χ1v) is 24.1. The average molecular weight is 948 g/mol. The van der Waals surface area contributed by atoms with Crippen LogP contribution >= 0.6 is 0 Å². The van der Waals surface area contributed by atoms with Crippen LogP contribution < -0.4 is 10.6 Å². The molecule has 1 aliphatic carbocycles. The summed E-state index contributed by atoms with van der Waals surface area (Å²) in [7, 11) is 0. The number of carbonyl (C=O) groups is 4. The summed E-state index contributed by atoms with van der Waals surface area (Å²) in [5.74, 6) is -2.94. The molecule has 2 unspecified atom stereocenters. The van der Waals surface area contributed by atoms with Gasteiger partial charge < -0.3 is 64.6 Å². The van der Waals surface area contributed by atoms with Crippen LogP contribution in [0, 0.1) is 5.41 Å². The molecule has 19 nitrogen and oxygen atoms in total. The van der Waals surface area contributed by atoms with Crippen LogP contribution in [0.5, 0.6) is 0 Å². The van der Waals surface area contributed by atoms with Crippen molar-refractivity contribution in [3.05, 3.63) is 41.5 Å². The van der Waals surface area contributed by atoms with Crippen molar-refractivity contribution in [3.63, 3.8) is 0 Å². The highest BCUT2D eigenvalue weighted by atomic mass is 16.8. The molecule has 0 spiro atoms. The zero-order chi connectivity index (χ0) is 48.5. The number of carbonyl (C=O) groups excluding carboxylic acids is 4. The number of nitrogens with zero attached hydrogens (tertiary/aromatic N) is 1. The first kappa shape index (κ1) is 52.8. The number of hydrogen-bond donors (Lipinski definition) is 7. The largest absolute Gasteiger partial charge is 0.460 e. The van der Waals surface area contributed by atoms with Gasteiger partial charge in [0.15, 0.2) is 18.1 Å². The molecular weight excluding hydrogens is 875 g/mol. The van der Waals surface area contributed by atoms with E-state index in [4.69, 9.17) is 33.3 Å². The minimum absolute atomic E-state index is 0.00120. The number of hydroxylamine groups is 2. The average Bonchev–Trinajstić information content (AvgIpc) is 3.85. The summed E-state index contributed by atoms with van der Waals surface area (Å²) >= 11 is 0. The molecule has 2 bridgehead atoms. The minimum atomic E-state index is -1.55. The fraction of sp³-hybridized carbons (Fsp3) is 0.750. The number of aliphatic hydroxyl groups is 5. The van der Waals surface area contributed by atoms with Crippen molar-refractivity contribution < 1.29 is 78.0 Å². The van der Waals surface area contributed by atoms with Crippen molar-refractivity contribution in [3.8, 4) is 0 Å². The van der Waals surface area contributed by atoms with Crippen molar-refractivity contribution in [1.82, 2.24) is 15.7 Å². The van der Waals surface area contributed by atoms with Gasteiger partial charge >= 0.3 is 11.9 Å². The Balaban J connectivity index is 1.16. The molecule has 5 fully saturated rings. The predicted octanol–water partition coefficient (Wildman–Crippen LogP) is 2.06. The van der Waals surface area contributed by atoms with E-state index in [1.54, 1.807) is 32.9 Å². The second-order valence-corrected chi connectivity index (χ2v) is 19.5. The van der Waals surface area contributed by atoms with Crippen molar-refractivity contribution >= 4 is 29.8 Å². The number of amides is 2. The smallest absolute Gasteiger partial charge is 0.327 e. The summed E-state index contributed by atoms with van der Waals surface area (Å²) in [4.78, 5) is 61.1. The quantitative estimate of drug-likeness (QED) is 0.0578. The lowest BCUT2D eigenvalue weighted by Crippen LogP contribution is -2.69. The van der Waals surface area contributed by atoms with Crippen LogP contribution in [0.3, 0.4) is 0 Å². The number of nitrogens with one attached hydrogen (secondary N) is 2. The van der Waals surface area contributed by atoms with E-state index >= 15 is 0 Å². The van der Waals surface area contributed by atoms with Crippen LogP contribution in [0.15, 0.2) is 30.3 Å². The number of unbranched alkanes of at least 4 members (excludes halogenated alkanes) is 4. The maximum Gasteiger partial charge on any atom is 0.327 e. The van der Waals surface area contributed by atoms with Gasteiger partial charge in [-0.25, -0.2) is 0 Å². The third kappa shape index (κ3) is 12.6. The summed E-state index contributed by atoms with van der Waals surface area (Å²) in [6.45, 7) is 8.57. The molecular formula is C48H73N3O16. The maximum absolute atomic E-state index is 14.8. The van der Waals surface area contributed by atoms with E-state index in [1.165, 1.54) is 5.06 Å². The van der Waals surface area contributed by atoms with E-state index in [1.807, 2.05) is 24.3 Å². The molecule has 12 atom stereocenters. The molecule has 67 heavy (non-hydrogen) atoms. The summed E-state index contributed by atoms with van der Waals surface area (Å²) in [6, 6.07) is 5.53. The molecule has 4 aliphatic heterocycles. The Morgan fingerprint density at radius 2 is 1.63 bits per heavy atom. The van der Waals surface area contributed by atoms with E-state index < -0.39 is 121 Å². The highest BCUT2D eigenvalue weighted by Gasteiger charge is 2.76. The molecule has 5 aliphatic rings. The zero-order valence-corrected chi connectivity index (χ0v) is 39.5. The molecule has 376 valence electrons.